The van der Waals surface area contributed by atoms with E-state index in [0.717, 1.165) is 22.5 Å². The predicted molar refractivity (Wildman–Crippen MR) is 85.9 cm³/mol. The van der Waals surface area contributed by atoms with Gasteiger partial charge in [-0.25, -0.2) is 0 Å². The van der Waals surface area contributed by atoms with Crippen LogP contribution in [0.15, 0.2) is 10.5 Å². The van der Waals surface area contributed by atoms with E-state index in [4.69, 9.17) is 9.47 Å². The van der Waals surface area contributed by atoms with Crippen molar-refractivity contribution in [3.8, 4) is 11.5 Å². The molecule has 1 unspecified atom stereocenters. The standard InChI is InChI=1S/C16H24BrNO2/c1-10(2)14-15(12-7-5-6-8-18-12)11(17)9-13(19-3)16(14)20-4/h9-10,12,18H,5-8H2,1-4H3. The summed E-state index contributed by atoms with van der Waals surface area (Å²) >= 11 is 3.73. The van der Waals surface area contributed by atoms with Crippen molar-refractivity contribution in [3.63, 3.8) is 0 Å². The smallest absolute Gasteiger partial charge is 0.164 e. The number of nitrogens with one attached hydrogen (secondary N) is 1. The van der Waals surface area contributed by atoms with E-state index in [2.05, 4.69) is 35.1 Å². The zero-order valence-electron chi connectivity index (χ0n) is 12.8. The Bertz CT molecular complexity index is 468. The molecule has 1 aromatic carbocycles. The molecule has 1 aliphatic heterocycles. The van der Waals surface area contributed by atoms with Gasteiger partial charge in [0, 0.05) is 16.1 Å². The number of piperidine rings is 1. The Hall–Kier alpha value is -0.740. The van der Waals surface area contributed by atoms with Crippen LogP contribution in [0.2, 0.25) is 0 Å². The van der Waals surface area contributed by atoms with E-state index >= 15 is 0 Å². The van der Waals surface area contributed by atoms with Crippen LogP contribution >= 0.6 is 15.9 Å². The van der Waals surface area contributed by atoms with Gasteiger partial charge in [0.1, 0.15) is 0 Å². The van der Waals surface area contributed by atoms with Gasteiger partial charge in [-0.3, -0.25) is 0 Å². The van der Waals surface area contributed by atoms with Crippen molar-refractivity contribution >= 4 is 15.9 Å². The topological polar surface area (TPSA) is 30.5 Å². The third-order valence-corrected chi connectivity index (χ3v) is 4.59. The van der Waals surface area contributed by atoms with Crippen LogP contribution in [-0.4, -0.2) is 20.8 Å². The van der Waals surface area contributed by atoms with Crippen LogP contribution in [-0.2, 0) is 0 Å². The molecule has 0 bridgehead atoms. The lowest BCUT2D eigenvalue weighted by molar-refractivity contribution is 0.345. The molecule has 20 heavy (non-hydrogen) atoms. The summed E-state index contributed by atoms with van der Waals surface area (Å²) < 4.78 is 12.2. The molecule has 0 spiro atoms. The van der Waals surface area contributed by atoms with E-state index in [1.807, 2.05) is 6.07 Å². The van der Waals surface area contributed by atoms with Gasteiger partial charge in [0.25, 0.3) is 0 Å². The minimum absolute atomic E-state index is 0.384. The third-order valence-electron chi connectivity index (χ3n) is 3.93. The van der Waals surface area contributed by atoms with E-state index in [1.54, 1.807) is 14.2 Å². The zero-order valence-corrected chi connectivity index (χ0v) is 14.3. The molecule has 1 aromatic rings. The Morgan fingerprint density at radius 3 is 2.50 bits per heavy atom. The Labute approximate surface area is 130 Å². The van der Waals surface area contributed by atoms with Crippen molar-refractivity contribution in [1.29, 1.82) is 0 Å². The Morgan fingerprint density at radius 2 is 2.00 bits per heavy atom. The van der Waals surface area contributed by atoms with Crippen LogP contribution in [0.5, 0.6) is 11.5 Å². The summed E-state index contributed by atoms with van der Waals surface area (Å²) in [5.74, 6) is 2.05. The van der Waals surface area contributed by atoms with E-state index in [-0.39, 0.29) is 0 Å². The fourth-order valence-corrected chi connectivity index (χ4v) is 3.73. The molecule has 2 rings (SSSR count). The van der Waals surface area contributed by atoms with Gasteiger partial charge in [-0.15, -0.1) is 0 Å². The molecule has 1 atom stereocenters. The molecule has 3 nitrogen and oxygen atoms in total. The second kappa shape index (κ2) is 6.81. The van der Waals surface area contributed by atoms with Crippen molar-refractivity contribution < 1.29 is 9.47 Å². The summed E-state index contributed by atoms with van der Waals surface area (Å²) in [6.07, 6.45) is 3.71. The van der Waals surface area contributed by atoms with Crippen LogP contribution in [0.1, 0.15) is 56.2 Å². The van der Waals surface area contributed by atoms with Gasteiger partial charge in [-0.1, -0.05) is 36.2 Å². The largest absolute Gasteiger partial charge is 0.493 e. The molecule has 0 saturated carbocycles. The molecule has 0 radical (unpaired) electrons. The summed E-state index contributed by atoms with van der Waals surface area (Å²) in [7, 11) is 3.41. The highest BCUT2D eigenvalue weighted by atomic mass is 79.9. The number of ether oxygens (including phenoxy) is 2. The maximum absolute atomic E-state index is 5.64. The third kappa shape index (κ3) is 2.96. The first-order chi connectivity index (χ1) is 9.60. The fourth-order valence-electron chi connectivity index (χ4n) is 3.03. The lowest BCUT2D eigenvalue weighted by Gasteiger charge is -2.30. The van der Waals surface area contributed by atoms with Gasteiger partial charge in [-0.2, -0.15) is 0 Å². The summed E-state index contributed by atoms with van der Waals surface area (Å²) in [4.78, 5) is 0. The van der Waals surface area contributed by atoms with Crippen LogP contribution in [0.4, 0.5) is 0 Å². The lowest BCUT2D eigenvalue weighted by atomic mass is 9.88. The predicted octanol–water partition coefficient (Wildman–Crippen LogP) is 4.40. The number of benzene rings is 1. The highest BCUT2D eigenvalue weighted by Gasteiger charge is 2.27. The first-order valence-corrected chi connectivity index (χ1v) is 8.07. The number of rotatable bonds is 4. The molecule has 1 heterocycles. The Kier molecular flexibility index (Phi) is 5.33. The second-order valence-electron chi connectivity index (χ2n) is 5.58. The maximum Gasteiger partial charge on any atom is 0.164 e. The minimum atomic E-state index is 0.384. The number of methoxy groups -OCH3 is 2. The monoisotopic (exact) mass is 341 g/mol. The van der Waals surface area contributed by atoms with E-state index in [0.29, 0.717) is 12.0 Å². The van der Waals surface area contributed by atoms with Gasteiger partial charge in [0.15, 0.2) is 11.5 Å². The molecule has 4 heteroatoms. The highest BCUT2D eigenvalue weighted by Crippen LogP contribution is 2.45. The SMILES string of the molecule is COc1cc(Br)c(C2CCCCN2)c(C(C)C)c1OC. The molecule has 112 valence electrons. The molecular formula is C16H24BrNO2. The van der Waals surface area contributed by atoms with Gasteiger partial charge in [0.2, 0.25) is 0 Å². The summed E-state index contributed by atoms with van der Waals surface area (Å²) in [5, 5.41) is 3.63. The Morgan fingerprint density at radius 1 is 1.25 bits per heavy atom. The van der Waals surface area contributed by atoms with Crippen molar-refractivity contribution in [2.45, 2.75) is 45.1 Å². The highest BCUT2D eigenvalue weighted by molar-refractivity contribution is 9.10. The normalized spacial score (nSPS) is 19.2. The van der Waals surface area contributed by atoms with Crippen molar-refractivity contribution in [1.82, 2.24) is 5.32 Å². The fraction of sp³-hybridized carbons (Fsp3) is 0.625. The molecule has 1 fully saturated rings. The molecular weight excluding hydrogens is 318 g/mol. The van der Waals surface area contributed by atoms with Gasteiger partial charge < -0.3 is 14.8 Å². The van der Waals surface area contributed by atoms with Crippen LogP contribution in [0, 0.1) is 0 Å². The van der Waals surface area contributed by atoms with Crippen LogP contribution in [0.3, 0.4) is 0 Å². The first kappa shape index (κ1) is 15.6. The molecule has 1 aliphatic rings. The van der Waals surface area contributed by atoms with Gasteiger partial charge in [0.05, 0.1) is 14.2 Å². The van der Waals surface area contributed by atoms with Gasteiger partial charge >= 0.3 is 0 Å². The average molecular weight is 342 g/mol. The molecule has 1 saturated heterocycles. The summed E-state index contributed by atoms with van der Waals surface area (Å²) in [5.41, 5.74) is 2.58. The second-order valence-corrected chi connectivity index (χ2v) is 6.43. The van der Waals surface area contributed by atoms with Crippen LogP contribution in [0.25, 0.3) is 0 Å². The zero-order chi connectivity index (χ0) is 14.7. The summed E-state index contributed by atoms with van der Waals surface area (Å²) in [6.45, 7) is 5.50. The molecule has 0 amide bonds. The first-order valence-electron chi connectivity index (χ1n) is 7.27. The molecule has 0 aromatic heterocycles. The van der Waals surface area contributed by atoms with Crippen molar-refractivity contribution in [2.75, 3.05) is 20.8 Å². The minimum Gasteiger partial charge on any atom is -0.493 e. The van der Waals surface area contributed by atoms with Crippen molar-refractivity contribution in [3.05, 3.63) is 21.7 Å². The average Bonchev–Trinajstić information content (AvgIpc) is 2.46. The molecule has 0 aliphatic carbocycles. The van der Waals surface area contributed by atoms with Gasteiger partial charge in [-0.05, 0) is 36.9 Å². The summed E-state index contributed by atoms with van der Waals surface area (Å²) in [6, 6.07) is 2.42. The van der Waals surface area contributed by atoms with Crippen molar-refractivity contribution in [2.24, 2.45) is 0 Å². The molecule has 1 N–H and O–H groups in total. The Balaban J connectivity index is 2.58. The van der Waals surface area contributed by atoms with E-state index < -0.39 is 0 Å². The van der Waals surface area contributed by atoms with E-state index in [9.17, 15) is 0 Å². The lowest BCUT2D eigenvalue weighted by Crippen LogP contribution is -2.28. The van der Waals surface area contributed by atoms with E-state index in [1.165, 1.54) is 30.4 Å². The maximum atomic E-state index is 5.64. The number of halogens is 1. The number of hydrogen-bond donors (Lipinski definition) is 1. The van der Waals surface area contributed by atoms with Crippen LogP contribution < -0.4 is 14.8 Å². The number of hydrogen-bond acceptors (Lipinski definition) is 3. The quantitative estimate of drug-likeness (QED) is 0.880.